The molecule has 0 saturated carbocycles. The highest BCUT2D eigenvalue weighted by Crippen LogP contribution is 2.45. The second kappa shape index (κ2) is 7.84. The lowest BCUT2D eigenvalue weighted by Gasteiger charge is -2.38. The van der Waals surface area contributed by atoms with Gasteiger partial charge in [0, 0.05) is 17.8 Å². The summed E-state index contributed by atoms with van der Waals surface area (Å²) in [5, 5.41) is 14.3. The Morgan fingerprint density at radius 2 is 1.64 bits per heavy atom. The van der Waals surface area contributed by atoms with Crippen molar-refractivity contribution in [2.24, 2.45) is 5.14 Å². The Balaban J connectivity index is 1.91. The summed E-state index contributed by atoms with van der Waals surface area (Å²) in [5.74, 6) is -2.66. The Morgan fingerprint density at radius 1 is 1.03 bits per heavy atom. The third-order valence-electron chi connectivity index (χ3n) is 5.13. The Morgan fingerprint density at radius 3 is 2.18 bits per heavy atom. The van der Waals surface area contributed by atoms with E-state index in [1.54, 1.807) is 13.0 Å². The molecule has 3 aromatic rings. The van der Waals surface area contributed by atoms with Gasteiger partial charge in [0.2, 0.25) is 0 Å². The molecule has 0 aliphatic carbocycles. The van der Waals surface area contributed by atoms with Gasteiger partial charge < -0.3 is 8.75 Å². The molecule has 0 radical (unpaired) electrons. The van der Waals surface area contributed by atoms with Gasteiger partial charge >= 0.3 is 10.3 Å². The van der Waals surface area contributed by atoms with E-state index in [-0.39, 0.29) is 34.1 Å². The molecule has 0 bridgehead atoms. The Hall–Kier alpha value is -3.47. The maximum Gasteiger partial charge on any atom is 0.380 e. The van der Waals surface area contributed by atoms with Crippen molar-refractivity contribution in [3.05, 3.63) is 71.6 Å². The minimum atomic E-state index is -4.36. The minimum absolute atomic E-state index is 0.00657. The van der Waals surface area contributed by atoms with E-state index in [2.05, 4.69) is 4.18 Å². The number of halogens is 2. The highest BCUT2D eigenvalue weighted by molar-refractivity contribution is 7.92. The predicted octanol–water partition coefficient (Wildman–Crippen LogP) is 2.87. The Kier molecular flexibility index (Phi) is 5.39. The molecule has 9 nitrogen and oxygen atoms in total. The molecule has 2 N–H and O–H groups in total. The molecule has 2 aromatic carbocycles. The smallest absolute Gasteiger partial charge is 0.371 e. The molecule has 13 heteroatoms. The zero-order chi connectivity index (χ0) is 24.1. The van der Waals surface area contributed by atoms with Crippen LogP contribution in [0.1, 0.15) is 30.8 Å². The van der Waals surface area contributed by atoms with Gasteiger partial charge in [-0.2, -0.15) is 18.8 Å². The van der Waals surface area contributed by atoms with Crippen LogP contribution in [-0.2, 0) is 20.3 Å². The Labute approximate surface area is 188 Å². The fourth-order valence-corrected chi connectivity index (χ4v) is 5.91. The van der Waals surface area contributed by atoms with Gasteiger partial charge in [-0.05, 0) is 42.8 Å². The normalized spacial score (nSPS) is 15.5. The number of hydrogen-bond acceptors (Lipinski definition) is 6. The lowest BCUT2D eigenvalue weighted by atomic mass is 10.1. The van der Waals surface area contributed by atoms with Gasteiger partial charge in [-0.3, -0.25) is 4.31 Å². The third kappa shape index (κ3) is 3.82. The number of sulfonamides is 1. The molecule has 33 heavy (non-hydrogen) atoms. The van der Waals surface area contributed by atoms with Crippen LogP contribution in [0.3, 0.4) is 0 Å². The summed E-state index contributed by atoms with van der Waals surface area (Å²) in [6, 6.07) is 10.2. The summed E-state index contributed by atoms with van der Waals surface area (Å²) in [6.07, 6.45) is 0.249. The van der Waals surface area contributed by atoms with Crippen LogP contribution in [0.4, 0.5) is 14.5 Å². The first kappa shape index (κ1) is 22.7. The van der Waals surface area contributed by atoms with Crippen LogP contribution in [0, 0.1) is 23.0 Å². The van der Waals surface area contributed by atoms with Gasteiger partial charge in [0.05, 0.1) is 22.3 Å². The van der Waals surface area contributed by atoms with Crippen molar-refractivity contribution in [2.75, 3.05) is 4.31 Å². The molecule has 1 aliphatic heterocycles. The molecule has 2 heterocycles. The first-order valence-electron chi connectivity index (χ1n) is 9.45. The SMILES string of the molecule is CC[C@H]1c2ccc(C#N)n2-c2cc(F)c(F)cc2N1S(=O)(=O)c1ccc(OS(N)(=O)=O)cc1. The number of anilines is 1. The van der Waals surface area contributed by atoms with E-state index < -0.39 is 38.0 Å². The van der Waals surface area contributed by atoms with Crippen LogP contribution in [0.5, 0.6) is 5.75 Å². The predicted molar refractivity (Wildman–Crippen MR) is 113 cm³/mol. The Bertz CT molecular complexity index is 1510. The largest absolute Gasteiger partial charge is 0.380 e. The molecule has 1 atom stereocenters. The standard InChI is InChI=1S/C20H16F2N4O5S2/c1-2-17-18-8-3-12(11-23)25(18)19-9-15(21)16(22)10-20(19)26(17)32(27,28)14-6-4-13(5-7-14)31-33(24,29)30/h3-10,17H,2H2,1H3,(H2,24,29,30)/t17-/m0/s1. The second-order valence-corrected chi connectivity index (χ2v) is 10.1. The molecular formula is C20H16F2N4O5S2. The van der Waals surface area contributed by atoms with Gasteiger partial charge in [0.15, 0.2) is 11.6 Å². The maximum absolute atomic E-state index is 14.2. The van der Waals surface area contributed by atoms with Gasteiger partial charge in [-0.25, -0.2) is 17.2 Å². The highest BCUT2D eigenvalue weighted by atomic mass is 32.2. The highest BCUT2D eigenvalue weighted by Gasteiger charge is 2.40. The maximum atomic E-state index is 14.2. The summed E-state index contributed by atoms with van der Waals surface area (Å²) in [4.78, 5) is -0.251. The van der Waals surface area contributed by atoms with Crippen LogP contribution >= 0.6 is 0 Å². The van der Waals surface area contributed by atoms with Crippen LogP contribution in [0.25, 0.3) is 5.69 Å². The quantitative estimate of drug-likeness (QED) is 0.579. The van der Waals surface area contributed by atoms with E-state index in [0.717, 1.165) is 40.7 Å². The van der Waals surface area contributed by atoms with E-state index >= 15 is 0 Å². The second-order valence-electron chi connectivity index (χ2n) is 7.12. The number of aromatic nitrogens is 1. The number of nitrogens with zero attached hydrogens (tertiary/aromatic N) is 3. The number of benzene rings is 2. The first-order valence-corrected chi connectivity index (χ1v) is 12.4. The molecular weight excluding hydrogens is 478 g/mol. The van der Waals surface area contributed by atoms with E-state index in [4.69, 9.17) is 5.14 Å². The summed E-state index contributed by atoms with van der Waals surface area (Å²) in [5.41, 5.74) is 0.390. The number of nitriles is 1. The lowest BCUT2D eigenvalue weighted by Crippen LogP contribution is -2.39. The molecule has 1 aromatic heterocycles. The molecule has 0 spiro atoms. The monoisotopic (exact) mass is 494 g/mol. The number of fused-ring (bicyclic) bond motifs is 3. The minimum Gasteiger partial charge on any atom is -0.371 e. The van der Waals surface area contributed by atoms with Crippen LogP contribution in [-0.4, -0.2) is 21.4 Å². The molecule has 0 amide bonds. The van der Waals surface area contributed by atoms with E-state index in [0.29, 0.717) is 5.69 Å². The summed E-state index contributed by atoms with van der Waals surface area (Å²) < 4.78 is 84.7. The van der Waals surface area contributed by atoms with Gasteiger partial charge in [0.25, 0.3) is 10.0 Å². The fraction of sp³-hybridized carbons (Fsp3) is 0.150. The van der Waals surface area contributed by atoms with Crippen molar-refractivity contribution < 1.29 is 29.8 Å². The zero-order valence-corrected chi connectivity index (χ0v) is 18.6. The molecule has 0 fully saturated rings. The first-order chi connectivity index (χ1) is 15.5. The summed E-state index contributed by atoms with van der Waals surface area (Å²) in [6.45, 7) is 1.71. The van der Waals surface area contributed by atoms with Gasteiger partial charge in [0.1, 0.15) is 17.5 Å². The number of rotatable bonds is 5. The molecule has 172 valence electrons. The van der Waals surface area contributed by atoms with Crippen LogP contribution in [0.15, 0.2) is 53.4 Å². The van der Waals surface area contributed by atoms with E-state index in [9.17, 15) is 30.9 Å². The van der Waals surface area contributed by atoms with Crippen LogP contribution in [0.2, 0.25) is 0 Å². The summed E-state index contributed by atoms with van der Waals surface area (Å²) in [7, 11) is -8.66. The van der Waals surface area contributed by atoms with Crippen molar-refractivity contribution in [3.8, 4) is 17.5 Å². The number of hydrogen-bond donors (Lipinski definition) is 1. The summed E-state index contributed by atoms with van der Waals surface area (Å²) >= 11 is 0. The third-order valence-corrected chi connectivity index (χ3v) is 7.39. The van der Waals surface area contributed by atoms with Crippen molar-refractivity contribution in [3.63, 3.8) is 0 Å². The molecule has 1 aliphatic rings. The topological polar surface area (TPSA) is 135 Å². The van der Waals surface area contributed by atoms with Crippen molar-refractivity contribution in [1.29, 1.82) is 5.26 Å². The van der Waals surface area contributed by atoms with Crippen molar-refractivity contribution in [1.82, 2.24) is 4.57 Å². The van der Waals surface area contributed by atoms with Gasteiger partial charge in [-0.1, -0.05) is 6.92 Å². The van der Waals surface area contributed by atoms with Crippen molar-refractivity contribution >= 4 is 26.0 Å². The average molecular weight is 495 g/mol. The zero-order valence-electron chi connectivity index (χ0n) is 16.9. The molecule has 0 saturated heterocycles. The number of nitrogens with two attached hydrogens (primary N) is 1. The fourth-order valence-electron chi connectivity index (χ4n) is 3.82. The van der Waals surface area contributed by atoms with Crippen molar-refractivity contribution in [2.45, 2.75) is 24.3 Å². The average Bonchev–Trinajstić information content (AvgIpc) is 3.17. The van der Waals surface area contributed by atoms with Crippen LogP contribution < -0.4 is 13.6 Å². The van der Waals surface area contributed by atoms with E-state index in [1.165, 1.54) is 10.6 Å². The van der Waals surface area contributed by atoms with Gasteiger partial charge in [-0.15, -0.1) is 0 Å². The van der Waals surface area contributed by atoms with E-state index in [1.807, 2.05) is 6.07 Å². The lowest BCUT2D eigenvalue weighted by molar-refractivity contribution is 0.487. The molecule has 0 unspecified atom stereocenters. The molecule has 4 rings (SSSR count).